The number of fused-ring (bicyclic) bond motifs is 1. The molecule has 0 aliphatic carbocycles. The minimum atomic E-state index is -0.378. The van der Waals surface area contributed by atoms with E-state index in [2.05, 4.69) is 15.3 Å². The van der Waals surface area contributed by atoms with Crippen molar-refractivity contribution in [3.63, 3.8) is 0 Å². The number of thiazole rings is 1. The topological polar surface area (TPSA) is 93.7 Å². The first-order chi connectivity index (χ1) is 11.1. The summed E-state index contributed by atoms with van der Waals surface area (Å²) in [6, 6.07) is 3.18. The van der Waals surface area contributed by atoms with E-state index in [0.717, 1.165) is 0 Å². The molecular formula is C14H14N4O4S. The van der Waals surface area contributed by atoms with Gasteiger partial charge in [0.1, 0.15) is 18.9 Å². The molecule has 0 radical (unpaired) electrons. The normalized spacial score (nSPS) is 12.6. The van der Waals surface area contributed by atoms with Crippen molar-refractivity contribution in [2.45, 2.75) is 0 Å². The van der Waals surface area contributed by atoms with Gasteiger partial charge in [-0.15, -0.1) is 11.3 Å². The monoisotopic (exact) mass is 334 g/mol. The predicted octanol–water partition coefficient (Wildman–Crippen LogP) is 1.02. The van der Waals surface area contributed by atoms with Gasteiger partial charge in [-0.2, -0.15) is 0 Å². The Morgan fingerprint density at radius 2 is 2.17 bits per heavy atom. The van der Waals surface area contributed by atoms with Crippen LogP contribution in [-0.2, 0) is 4.79 Å². The molecule has 2 aromatic heterocycles. The lowest BCUT2D eigenvalue weighted by molar-refractivity contribution is -0.116. The van der Waals surface area contributed by atoms with Crippen molar-refractivity contribution in [2.24, 2.45) is 0 Å². The van der Waals surface area contributed by atoms with Crippen LogP contribution in [0.3, 0.4) is 0 Å². The molecule has 0 saturated carbocycles. The Morgan fingerprint density at radius 3 is 2.96 bits per heavy atom. The van der Waals surface area contributed by atoms with Gasteiger partial charge in [0.2, 0.25) is 5.91 Å². The lowest BCUT2D eigenvalue weighted by Crippen LogP contribution is -2.35. The molecule has 0 bridgehead atoms. The highest BCUT2D eigenvalue weighted by molar-refractivity contribution is 7.13. The van der Waals surface area contributed by atoms with Crippen LogP contribution in [0.4, 0.5) is 5.13 Å². The zero-order valence-electron chi connectivity index (χ0n) is 12.3. The minimum Gasteiger partial charge on any atom is -0.484 e. The Kier molecular flexibility index (Phi) is 4.38. The number of pyridine rings is 1. The van der Waals surface area contributed by atoms with Crippen LogP contribution in [0.5, 0.6) is 11.6 Å². The second-order valence-corrected chi connectivity index (χ2v) is 5.64. The van der Waals surface area contributed by atoms with Crippen LogP contribution in [0.2, 0.25) is 0 Å². The number of aromatic nitrogens is 2. The lowest BCUT2D eigenvalue weighted by Gasteiger charge is -2.19. The van der Waals surface area contributed by atoms with Crippen LogP contribution >= 0.6 is 11.3 Å². The van der Waals surface area contributed by atoms with Gasteiger partial charge in [0.25, 0.3) is 11.8 Å². The second-order valence-electron chi connectivity index (χ2n) is 4.74. The maximum atomic E-state index is 12.3. The van der Waals surface area contributed by atoms with Gasteiger partial charge in [0, 0.05) is 18.6 Å². The minimum absolute atomic E-state index is 0.103. The Morgan fingerprint density at radius 1 is 1.35 bits per heavy atom. The van der Waals surface area contributed by atoms with E-state index in [1.807, 2.05) is 0 Å². The fourth-order valence-electron chi connectivity index (χ4n) is 1.98. The van der Waals surface area contributed by atoms with E-state index in [1.165, 1.54) is 23.3 Å². The third kappa shape index (κ3) is 3.57. The molecule has 0 fully saturated rings. The Hall–Kier alpha value is -2.68. The molecule has 9 heteroatoms. The molecular weight excluding hydrogens is 320 g/mol. The molecule has 1 aliphatic heterocycles. The van der Waals surface area contributed by atoms with Gasteiger partial charge in [-0.1, -0.05) is 0 Å². The molecule has 0 aromatic carbocycles. The number of hydrogen-bond donors (Lipinski definition) is 1. The molecule has 2 amide bonds. The number of amides is 2. The number of hydrogen-bond acceptors (Lipinski definition) is 7. The molecule has 1 N–H and O–H groups in total. The van der Waals surface area contributed by atoms with Crippen molar-refractivity contribution in [1.29, 1.82) is 0 Å². The van der Waals surface area contributed by atoms with Crippen molar-refractivity contribution in [3.8, 4) is 11.6 Å². The summed E-state index contributed by atoms with van der Waals surface area (Å²) >= 11 is 1.31. The molecule has 0 saturated heterocycles. The van der Waals surface area contributed by atoms with Crippen LogP contribution in [-0.4, -0.2) is 53.5 Å². The Labute approximate surface area is 136 Å². The van der Waals surface area contributed by atoms with Crippen molar-refractivity contribution in [2.75, 3.05) is 32.1 Å². The fraction of sp³-hybridized carbons (Fsp3) is 0.286. The smallest absolute Gasteiger partial charge is 0.272 e. The van der Waals surface area contributed by atoms with Crippen LogP contribution < -0.4 is 14.8 Å². The predicted molar refractivity (Wildman–Crippen MR) is 82.9 cm³/mol. The number of anilines is 1. The molecule has 0 spiro atoms. The van der Waals surface area contributed by atoms with Crippen molar-refractivity contribution < 1.29 is 19.1 Å². The highest BCUT2D eigenvalue weighted by atomic mass is 32.1. The van der Waals surface area contributed by atoms with Crippen molar-refractivity contribution in [1.82, 2.24) is 14.9 Å². The van der Waals surface area contributed by atoms with E-state index in [-0.39, 0.29) is 24.1 Å². The zero-order chi connectivity index (χ0) is 16.2. The average molecular weight is 334 g/mol. The molecule has 0 atom stereocenters. The number of nitrogens with zero attached hydrogens (tertiary/aromatic N) is 3. The van der Waals surface area contributed by atoms with Crippen molar-refractivity contribution >= 4 is 28.3 Å². The quantitative estimate of drug-likeness (QED) is 0.897. The van der Waals surface area contributed by atoms with Gasteiger partial charge in [0.05, 0.1) is 6.54 Å². The van der Waals surface area contributed by atoms with Gasteiger partial charge in [-0.05, 0) is 12.1 Å². The summed E-state index contributed by atoms with van der Waals surface area (Å²) in [5.74, 6) is 0.101. The van der Waals surface area contributed by atoms with Gasteiger partial charge in [-0.25, -0.2) is 9.97 Å². The Bertz CT molecular complexity index is 720. The Balaban J connectivity index is 1.64. The highest BCUT2D eigenvalue weighted by Crippen LogP contribution is 2.27. The second kappa shape index (κ2) is 6.61. The fourth-order valence-corrected chi connectivity index (χ4v) is 2.52. The van der Waals surface area contributed by atoms with Crippen LogP contribution in [0.1, 0.15) is 10.5 Å². The SMILES string of the molecule is CN(CC(=O)Nc1nccs1)C(=O)c1ccc2c(n1)OCCO2. The summed E-state index contributed by atoms with van der Waals surface area (Å²) in [5.41, 5.74) is 0.193. The van der Waals surface area contributed by atoms with E-state index in [0.29, 0.717) is 30.0 Å². The first kappa shape index (κ1) is 15.2. The van der Waals surface area contributed by atoms with E-state index in [9.17, 15) is 9.59 Å². The zero-order valence-corrected chi connectivity index (χ0v) is 13.1. The summed E-state index contributed by atoms with van der Waals surface area (Å²) in [6.07, 6.45) is 1.59. The van der Waals surface area contributed by atoms with Crippen molar-refractivity contribution in [3.05, 3.63) is 29.4 Å². The number of carbonyl (C=O) groups excluding carboxylic acids is 2. The third-order valence-corrected chi connectivity index (χ3v) is 3.72. The maximum Gasteiger partial charge on any atom is 0.272 e. The highest BCUT2D eigenvalue weighted by Gasteiger charge is 2.20. The number of nitrogens with one attached hydrogen (secondary N) is 1. The largest absolute Gasteiger partial charge is 0.484 e. The van der Waals surface area contributed by atoms with Crippen LogP contribution in [0.15, 0.2) is 23.7 Å². The van der Waals surface area contributed by atoms with Crippen LogP contribution in [0, 0.1) is 0 Å². The summed E-state index contributed by atoms with van der Waals surface area (Å²) in [4.78, 5) is 33.6. The number of carbonyl (C=O) groups is 2. The molecule has 2 aromatic rings. The first-order valence-corrected chi connectivity index (χ1v) is 7.73. The van der Waals surface area contributed by atoms with Crippen LogP contribution in [0.25, 0.3) is 0 Å². The lowest BCUT2D eigenvalue weighted by atomic mass is 10.3. The van der Waals surface area contributed by atoms with E-state index in [1.54, 1.807) is 23.7 Å². The molecule has 23 heavy (non-hydrogen) atoms. The third-order valence-electron chi connectivity index (χ3n) is 3.03. The number of rotatable bonds is 4. The van der Waals surface area contributed by atoms with E-state index >= 15 is 0 Å². The van der Waals surface area contributed by atoms with Gasteiger partial charge < -0.3 is 19.7 Å². The van der Waals surface area contributed by atoms with Gasteiger partial charge in [-0.3, -0.25) is 9.59 Å². The number of likely N-dealkylation sites (N-methyl/N-ethyl adjacent to an activating group) is 1. The maximum absolute atomic E-state index is 12.3. The van der Waals surface area contributed by atoms with Gasteiger partial charge in [0.15, 0.2) is 10.9 Å². The summed E-state index contributed by atoms with van der Waals surface area (Å²) in [6.45, 7) is 0.747. The number of ether oxygens (including phenoxy) is 2. The van der Waals surface area contributed by atoms with E-state index in [4.69, 9.17) is 9.47 Å². The molecule has 8 nitrogen and oxygen atoms in total. The summed E-state index contributed by atoms with van der Waals surface area (Å²) in [7, 11) is 1.53. The molecule has 120 valence electrons. The molecule has 1 aliphatic rings. The standard InChI is InChI=1S/C14H14N4O4S/c1-18(8-11(19)17-14-15-4-7-23-14)13(20)9-2-3-10-12(16-9)22-6-5-21-10/h2-4,7H,5-6,8H2,1H3,(H,15,17,19). The summed E-state index contributed by atoms with van der Waals surface area (Å²) < 4.78 is 10.7. The van der Waals surface area contributed by atoms with Gasteiger partial charge >= 0.3 is 0 Å². The molecule has 0 unspecified atom stereocenters. The van der Waals surface area contributed by atoms with E-state index < -0.39 is 0 Å². The summed E-state index contributed by atoms with van der Waals surface area (Å²) in [5, 5.41) is 4.87. The first-order valence-electron chi connectivity index (χ1n) is 6.85. The molecule has 3 heterocycles. The molecule has 3 rings (SSSR count). The average Bonchev–Trinajstić information content (AvgIpc) is 3.06.